The maximum atomic E-state index is 6.43. The van der Waals surface area contributed by atoms with Crippen LogP contribution in [0.15, 0.2) is 160 Å². The average Bonchev–Trinajstić information content (AvgIpc) is 3.73. The van der Waals surface area contributed by atoms with Gasteiger partial charge in [-0.1, -0.05) is 115 Å². The average molecular weight is 616 g/mol. The zero-order valence-corrected chi connectivity index (χ0v) is 25.6. The summed E-state index contributed by atoms with van der Waals surface area (Å²) in [6, 6.07) is 51.6. The van der Waals surface area contributed by atoms with Crippen molar-refractivity contribution >= 4 is 54.6 Å². The first-order chi connectivity index (χ1) is 23.8. The molecule has 5 heteroatoms. The Morgan fingerprint density at radius 2 is 0.958 bits per heavy atom. The number of fused-ring (bicyclic) bond motifs is 8. The van der Waals surface area contributed by atoms with Crippen LogP contribution in [0.4, 0.5) is 0 Å². The third kappa shape index (κ3) is 4.22. The molecule has 48 heavy (non-hydrogen) atoms. The quantitative estimate of drug-likeness (QED) is 0.197. The fraction of sp³-hybridized carbons (Fsp3) is 0. The Bertz CT molecular complexity index is 2840. The standard InChI is InChI=1S/C43H25N3O2/c1-3-11-26(12-4-1)30-23-34(40-32-17-9-10-18-35(32)47-38(40)25-30)43-45-41(28-14-5-2-6-15-28)44-42(46-43)29-19-21-33-37(24-29)48-36-22-20-27-13-7-8-16-31(27)39(33)36/h1-25H. The third-order valence-electron chi connectivity index (χ3n) is 9.11. The molecule has 0 spiro atoms. The van der Waals surface area contributed by atoms with Crippen molar-refractivity contribution in [2.45, 2.75) is 0 Å². The monoisotopic (exact) mass is 615 g/mol. The van der Waals surface area contributed by atoms with E-state index >= 15 is 0 Å². The summed E-state index contributed by atoms with van der Waals surface area (Å²) < 4.78 is 12.9. The van der Waals surface area contributed by atoms with E-state index in [1.165, 1.54) is 10.8 Å². The number of furan rings is 2. The number of hydrogen-bond donors (Lipinski definition) is 0. The first kappa shape index (κ1) is 26.6. The SMILES string of the molecule is c1ccc(-c2cc(-c3nc(-c4ccccc4)nc(-c4ccc5c(c4)oc4ccc6ccccc6c45)n3)c3c(c2)oc2ccccc23)cc1. The minimum atomic E-state index is 0.567. The van der Waals surface area contributed by atoms with Gasteiger partial charge in [0.2, 0.25) is 0 Å². The zero-order valence-electron chi connectivity index (χ0n) is 25.6. The van der Waals surface area contributed by atoms with Crippen molar-refractivity contribution in [3.8, 4) is 45.3 Å². The largest absolute Gasteiger partial charge is 0.456 e. The Morgan fingerprint density at radius 1 is 0.333 bits per heavy atom. The van der Waals surface area contributed by atoms with Crippen LogP contribution in [0.3, 0.4) is 0 Å². The Kier molecular flexibility index (Phi) is 5.81. The van der Waals surface area contributed by atoms with Crippen molar-refractivity contribution in [3.05, 3.63) is 152 Å². The topological polar surface area (TPSA) is 65.0 Å². The lowest BCUT2D eigenvalue weighted by atomic mass is 9.98. The summed E-state index contributed by atoms with van der Waals surface area (Å²) in [5.41, 5.74) is 7.99. The van der Waals surface area contributed by atoms with Crippen molar-refractivity contribution < 1.29 is 8.83 Å². The molecular weight excluding hydrogens is 590 g/mol. The fourth-order valence-electron chi connectivity index (χ4n) is 6.86. The van der Waals surface area contributed by atoms with Crippen molar-refractivity contribution in [3.63, 3.8) is 0 Å². The van der Waals surface area contributed by atoms with E-state index in [0.717, 1.165) is 71.7 Å². The molecule has 224 valence electrons. The maximum Gasteiger partial charge on any atom is 0.164 e. The van der Waals surface area contributed by atoms with Gasteiger partial charge in [0.15, 0.2) is 17.5 Å². The van der Waals surface area contributed by atoms with Crippen molar-refractivity contribution in [2.75, 3.05) is 0 Å². The van der Waals surface area contributed by atoms with Gasteiger partial charge >= 0.3 is 0 Å². The molecule has 0 saturated heterocycles. The summed E-state index contributed by atoms with van der Waals surface area (Å²) in [4.78, 5) is 15.3. The predicted octanol–water partition coefficient (Wildman–Crippen LogP) is 11.5. The van der Waals surface area contributed by atoms with E-state index in [1.54, 1.807) is 0 Å². The second-order valence-electron chi connectivity index (χ2n) is 12.0. The predicted molar refractivity (Wildman–Crippen MR) is 194 cm³/mol. The first-order valence-electron chi connectivity index (χ1n) is 15.9. The van der Waals surface area contributed by atoms with Gasteiger partial charge in [0.05, 0.1) is 0 Å². The van der Waals surface area contributed by atoms with Crippen molar-refractivity contribution in [1.29, 1.82) is 0 Å². The minimum Gasteiger partial charge on any atom is -0.456 e. The molecule has 0 aliphatic rings. The molecule has 0 aliphatic carbocycles. The van der Waals surface area contributed by atoms with Crippen LogP contribution in [0.25, 0.3) is 99.9 Å². The van der Waals surface area contributed by atoms with Gasteiger partial charge in [-0.3, -0.25) is 0 Å². The van der Waals surface area contributed by atoms with E-state index in [-0.39, 0.29) is 0 Å². The van der Waals surface area contributed by atoms with Crippen molar-refractivity contribution in [1.82, 2.24) is 15.0 Å². The van der Waals surface area contributed by atoms with E-state index < -0.39 is 0 Å². The maximum absolute atomic E-state index is 6.43. The van der Waals surface area contributed by atoms with Gasteiger partial charge in [-0.2, -0.15) is 0 Å². The van der Waals surface area contributed by atoms with E-state index in [0.29, 0.717) is 17.5 Å². The zero-order chi connectivity index (χ0) is 31.6. The third-order valence-corrected chi connectivity index (χ3v) is 9.11. The lowest BCUT2D eigenvalue weighted by Gasteiger charge is -2.11. The highest BCUT2D eigenvalue weighted by Crippen LogP contribution is 2.41. The van der Waals surface area contributed by atoms with Crippen LogP contribution in [0.2, 0.25) is 0 Å². The number of para-hydroxylation sites is 1. The molecule has 10 aromatic rings. The summed E-state index contributed by atoms with van der Waals surface area (Å²) in [6.07, 6.45) is 0. The van der Waals surface area contributed by atoms with Crippen LogP contribution < -0.4 is 0 Å². The number of nitrogens with zero attached hydrogens (tertiary/aromatic N) is 3. The fourth-order valence-corrected chi connectivity index (χ4v) is 6.86. The molecule has 3 aromatic heterocycles. The molecular formula is C43H25N3O2. The number of aromatic nitrogens is 3. The molecule has 10 rings (SSSR count). The van der Waals surface area contributed by atoms with E-state index in [4.69, 9.17) is 23.8 Å². The van der Waals surface area contributed by atoms with Gasteiger partial charge in [0.1, 0.15) is 22.3 Å². The highest BCUT2D eigenvalue weighted by atomic mass is 16.3. The second kappa shape index (κ2) is 10.5. The molecule has 0 N–H and O–H groups in total. The van der Waals surface area contributed by atoms with E-state index in [2.05, 4.69) is 72.8 Å². The van der Waals surface area contributed by atoms with Gasteiger partial charge in [-0.25, -0.2) is 15.0 Å². The van der Waals surface area contributed by atoms with Gasteiger partial charge in [-0.05, 0) is 58.3 Å². The van der Waals surface area contributed by atoms with Gasteiger partial charge in [-0.15, -0.1) is 0 Å². The molecule has 0 atom stereocenters. The number of rotatable bonds is 4. The number of hydrogen-bond acceptors (Lipinski definition) is 5. The molecule has 0 amide bonds. The normalized spacial score (nSPS) is 11.8. The van der Waals surface area contributed by atoms with Crippen LogP contribution in [0.5, 0.6) is 0 Å². The molecule has 0 saturated carbocycles. The molecule has 0 bridgehead atoms. The highest BCUT2D eigenvalue weighted by molar-refractivity contribution is 6.19. The molecule has 7 aromatic carbocycles. The lowest BCUT2D eigenvalue weighted by molar-refractivity contribution is 0.669. The molecule has 0 aliphatic heterocycles. The lowest BCUT2D eigenvalue weighted by Crippen LogP contribution is -2.00. The summed E-state index contributed by atoms with van der Waals surface area (Å²) in [5.74, 6) is 1.73. The van der Waals surface area contributed by atoms with Crippen LogP contribution in [0, 0.1) is 0 Å². The Morgan fingerprint density at radius 3 is 1.79 bits per heavy atom. The van der Waals surface area contributed by atoms with Crippen molar-refractivity contribution in [2.24, 2.45) is 0 Å². The smallest absolute Gasteiger partial charge is 0.164 e. The minimum absolute atomic E-state index is 0.567. The second-order valence-corrected chi connectivity index (χ2v) is 12.0. The molecule has 3 heterocycles. The van der Waals surface area contributed by atoms with Gasteiger partial charge in [0.25, 0.3) is 0 Å². The molecule has 0 fully saturated rings. The van der Waals surface area contributed by atoms with Gasteiger partial charge < -0.3 is 8.83 Å². The Balaban J connectivity index is 1.24. The van der Waals surface area contributed by atoms with Crippen LogP contribution >= 0.6 is 0 Å². The summed E-state index contributed by atoms with van der Waals surface area (Å²) in [7, 11) is 0. The van der Waals surface area contributed by atoms with Crippen LogP contribution in [-0.4, -0.2) is 15.0 Å². The molecule has 0 unspecified atom stereocenters. The van der Waals surface area contributed by atoms with Gasteiger partial charge in [0, 0.05) is 38.2 Å². The summed E-state index contributed by atoms with van der Waals surface area (Å²) in [6.45, 7) is 0. The molecule has 5 nitrogen and oxygen atoms in total. The Labute approximate surface area is 274 Å². The Hall–Kier alpha value is -6.59. The summed E-state index contributed by atoms with van der Waals surface area (Å²) >= 11 is 0. The summed E-state index contributed by atoms with van der Waals surface area (Å²) in [5, 5.41) is 6.52. The highest BCUT2D eigenvalue weighted by Gasteiger charge is 2.20. The number of benzene rings is 7. The van der Waals surface area contributed by atoms with E-state index in [9.17, 15) is 0 Å². The van der Waals surface area contributed by atoms with Crippen LogP contribution in [0.1, 0.15) is 0 Å². The first-order valence-corrected chi connectivity index (χ1v) is 15.9. The molecule has 0 radical (unpaired) electrons. The van der Waals surface area contributed by atoms with Crippen LogP contribution in [-0.2, 0) is 0 Å². The van der Waals surface area contributed by atoms with E-state index in [1.807, 2.05) is 78.9 Å².